The first-order valence-corrected chi connectivity index (χ1v) is 5.87. The normalized spacial score (nSPS) is 28.1. The maximum Gasteiger partial charge on any atom is 0.188 e. The second-order valence-corrected chi connectivity index (χ2v) is 4.34. The average Bonchev–Trinajstić information content (AvgIpc) is 2.40. The minimum absolute atomic E-state index is 0.139. The summed E-state index contributed by atoms with van der Waals surface area (Å²) in [6.45, 7) is 0.712. The molecule has 0 radical (unpaired) electrons. The molecule has 5 nitrogen and oxygen atoms in total. The van der Waals surface area contributed by atoms with Gasteiger partial charge in [0.1, 0.15) is 17.5 Å². The number of hydrogen-bond donors (Lipinski definition) is 2. The van der Waals surface area contributed by atoms with E-state index < -0.39 is 11.7 Å². The zero-order valence-electron chi connectivity index (χ0n) is 10.3. The Kier molecular flexibility index (Phi) is 4.19. The van der Waals surface area contributed by atoms with Gasteiger partial charge < -0.3 is 24.4 Å². The summed E-state index contributed by atoms with van der Waals surface area (Å²) in [4.78, 5) is 0. The lowest BCUT2D eigenvalue weighted by Crippen LogP contribution is -2.46. The van der Waals surface area contributed by atoms with Crippen LogP contribution in [0.1, 0.15) is 12.0 Å². The lowest BCUT2D eigenvalue weighted by molar-refractivity contribution is -0.158. The third kappa shape index (κ3) is 2.64. The zero-order chi connectivity index (χ0) is 13.0. The van der Waals surface area contributed by atoms with E-state index in [0.717, 1.165) is 0 Å². The molecule has 0 bridgehead atoms. The summed E-state index contributed by atoms with van der Waals surface area (Å²) in [6.07, 6.45) is -0.564. The van der Waals surface area contributed by atoms with E-state index in [1.165, 1.54) is 0 Å². The largest absolute Gasteiger partial charge is 0.468 e. The predicted molar refractivity (Wildman–Crippen MR) is 64.3 cm³/mol. The van der Waals surface area contributed by atoms with Crippen molar-refractivity contribution in [1.82, 2.24) is 0 Å². The van der Waals surface area contributed by atoms with E-state index >= 15 is 0 Å². The Hall–Kier alpha value is -1.14. The van der Waals surface area contributed by atoms with Crippen LogP contribution in [0.3, 0.4) is 0 Å². The van der Waals surface area contributed by atoms with Crippen LogP contribution in [0.25, 0.3) is 0 Å². The molecule has 1 aliphatic heterocycles. The maximum atomic E-state index is 10.5. The molecule has 0 spiro atoms. The van der Waals surface area contributed by atoms with Crippen molar-refractivity contribution in [2.75, 3.05) is 27.1 Å². The van der Waals surface area contributed by atoms with Crippen molar-refractivity contribution in [3.05, 3.63) is 29.8 Å². The van der Waals surface area contributed by atoms with Crippen LogP contribution in [0, 0.1) is 0 Å². The second kappa shape index (κ2) is 5.67. The molecule has 0 amide bonds. The lowest BCUT2D eigenvalue weighted by atomic mass is 9.84. The maximum absolute atomic E-state index is 10.5. The number of benzene rings is 1. The summed E-state index contributed by atoms with van der Waals surface area (Å²) in [5.74, 6) is 0.599. The average molecular weight is 254 g/mol. The molecule has 2 N–H and O–H groups in total. The van der Waals surface area contributed by atoms with Gasteiger partial charge in [0.25, 0.3) is 0 Å². The van der Waals surface area contributed by atoms with Gasteiger partial charge >= 0.3 is 0 Å². The molecule has 1 aromatic rings. The summed E-state index contributed by atoms with van der Waals surface area (Å²) >= 11 is 0. The fraction of sp³-hybridized carbons (Fsp3) is 0.538. The molecule has 2 atom stereocenters. The highest BCUT2D eigenvalue weighted by atomic mass is 16.7. The van der Waals surface area contributed by atoms with Gasteiger partial charge in [-0.25, -0.2) is 0 Å². The monoisotopic (exact) mass is 254 g/mol. The number of rotatable bonds is 4. The summed E-state index contributed by atoms with van der Waals surface area (Å²) < 4.78 is 15.3. The highest BCUT2D eigenvalue weighted by Crippen LogP contribution is 2.33. The van der Waals surface area contributed by atoms with Crippen molar-refractivity contribution in [2.45, 2.75) is 18.1 Å². The van der Waals surface area contributed by atoms with Crippen molar-refractivity contribution in [2.24, 2.45) is 0 Å². The van der Waals surface area contributed by atoms with Crippen LogP contribution >= 0.6 is 0 Å². The summed E-state index contributed by atoms with van der Waals surface area (Å²) in [5, 5.41) is 20.5. The Labute approximate surface area is 106 Å². The van der Waals surface area contributed by atoms with Gasteiger partial charge in [-0.2, -0.15) is 0 Å². The van der Waals surface area contributed by atoms with E-state index in [4.69, 9.17) is 14.2 Å². The van der Waals surface area contributed by atoms with Gasteiger partial charge in [0, 0.05) is 20.1 Å². The predicted octanol–water partition coefficient (Wildman–Crippen LogP) is 0.638. The Bertz CT molecular complexity index is 395. The summed E-state index contributed by atoms with van der Waals surface area (Å²) in [5.41, 5.74) is -0.642. The Balaban J connectivity index is 2.20. The van der Waals surface area contributed by atoms with Crippen LogP contribution in [-0.2, 0) is 15.1 Å². The van der Waals surface area contributed by atoms with E-state index in [2.05, 4.69) is 0 Å². The lowest BCUT2D eigenvalue weighted by Gasteiger charge is -2.37. The highest BCUT2D eigenvalue weighted by molar-refractivity contribution is 5.33. The highest BCUT2D eigenvalue weighted by Gasteiger charge is 2.40. The van der Waals surface area contributed by atoms with Crippen LogP contribution in [0.2, 0.25) is 0 Å². The molecule has 100 valence electrons. The molecule has 1 aromatic carbocycles. The molecule has 1 aliphatic rings. The SMILES string of the molecule is COCOc1cccc(C2(O)CCOCC2O)c1. The molecule has 1 saturated heterocycles. The third-order valence-corrected chi connectivity index (χ3v) is 3.13. The topological polar surface area (TPSA) is 68.2 Å². The number of hydrogen-bond acceptors (Lipinski definition) is 5. The van der Waals surface area contributed by atoms with Crippen molar-refractivity contribution in [3.63, 3.8) is 0 Å². The van der Waals surface area contributed by atoms with Crippen molar-refractivity contribution in [3.8, 4) is 5.75 Å². The first kappa shape index (κ1) is 13.3. The minimum atomic E-state index is -1.27. The molecule has 0 aliphatic carbocycles. The van der Waals surface area contributed by atoms with Crippen LogP contribution in [-0.4, -0.2) is 43.4 Å². The summed E-state index contributed by atoms with van der Waals surface area (Å²) in [6, 6.07) is 7.04. The molecule has 0 aromatic heterocycles. The van der Waals surface area contributed by atoms with Crippen LogP contribution in [0.15, 0.2) is 24.3 Å². The van der Waals surface area contributed by atoms with Crippen LogP contribution in [0.4, 0.5) is 0 Å². The van der Waals surface area contributed by atoms with E-state index in [1.807, 2.05) is 0 Å². The summed E-state index contributed by atoms with van der Waals surface area (Å²) in [7, 11) is 1.54. The molecular formula is C13H18O5. The van der Waals surface area contributed by atoms with Crippen molar-refractivity contribution in [1.29, 1.82) is 0 Å². The quantitative estimate of drug-likeness (QED) is 0.772. The van der Waals surface area contributed by atoms with Gasteiger partial charge in [0.05, 0.1) is 6.61 Å². The Morgan fingerprint density at radius 3 is 3.06 bits per heavy atom. The smallest absolute Gasteiger partial charge is 0.188 e. The minimum Gasteiger partial charge on any atom is -0.468 e. The molecule has 1 heterocycles. The number of aliphatic hydroxyl groups excluding tert-OH is 1. The molecular weight excluding hydrogens is 236 g/mol. The van der Waals surface area contributed by atoms with Crippen molar-refractivity contribution >= 4 is 0 Å². The second-order valence-electron chi connectivity index (χ2n) is 4.34. The van der Waals surface area contributed by atoms with Gasteiger partial charge in [0.15, 0.2) is 6.79 Å². The van der Waals surface area contributed by atoms with E-state index in [9.17, 15) is 10.2 Å². The van der Waals surface area contributed by atoms with Crippen molar-refractivity contribution < 1.29 is 24.4 Å². The van der Waals surface area contributed by atoms with E-state index in [1.54, 1.807) is 31.4 Å². The van der Waals surface area contributed by atoms with Crippen LogP contribution in [0.5, 0.6) is 5.75 Å². The first-order valence-electron chi connectivity index (χ1n) is 5.87. The fourth-order valence-electron chi connectivity index (χ4n) is 2.05. The van der Waals surface area contributed by atoms with Gasteiger partial charge in [-0.1, -0.05) is 12.1 Å². The fourth-order valence-corrected chi connectivity index (χ4v) is 2.05. The molecule has 2 unspecified atom stereocenters. The molecule has 2 rings (SSSR count). The molecule has 1 fully saturated rings. The Morgan fingerprint density at radius 2 is 2.33 bits per heavy atom. The van der Waals surface area contributed by atoms with Gasteiger partial charge in [0.2, 0.25) is 0 Å². The number of methoxy groups -OCH3 is 1. The zero-order valence-corrected chi connectivity index (χ0v) is 10.3. The molecule has 5 heteroatoms. The number of ether oxygens (including phenoxy) is 3. The van der Waals surface area contributed by atoms with Crippen LogP contribution < -0.4 is 4.74 Å². The molecule has 0 saturated carbocycles. The molecule has 18 heavy (non-hydrogen) atoms. The Morgan fingerprint density at radius 1 is 1.50 bits per heavy atom. The van der Waals surface area contributed by atoms with Gasteiger partial charge in [-0.3, -0.25) is 0 Å². The van der Waals surface area contributed by atoms with Gasteiger partial charge in [-0.15, -0.1) is 0 Å². The third-order valence-electron chi connectivity index (χ3n) is 3.13. The number of aliphatic hydroxyl groups is 2. The van der Waals surface area contributed by atoms with Gasteiger partial charge in [-0.05, 0) is 17.7 Å². The first-order chi connectivity index (χ1) is 8.66. The van der Waals surface area contributed by atoms with E-state index in [0.29, 0.717) is 24.3 Å². The van der Waals surface area contributed by atoms with E-state index in [-0.39, 0.29) is 13.4 Å². The standard InChI is InChI=1S/C13H18O5/c1-16-9-18-11-4-2-3-10(7-11)13(15)5-6-17-8-12(13)14/h2-4,7,12,14-15H,5-6,8-9H2,1H3.